The Balaban J connectivity index is 1.62. The largest absolute Gasteiger partial charge is 0.363 e. The molecule has 5 N–H and O–H groups in total. The molecular formula is C38H58N6O6. The van der Waals surface area contributed by atoms with E-state index in [4.69, 9.17) is 5.73 Å². The summed E-state index contributed by atoms with van der Waals surface area (Å²) in [5.41, 5.74) is 5.23. The number of nitrogens with one attached hydrogen (secondary N) is 3. The van der Waals surface area contributed by atoms with Gasteiger partial charge in [-0.2, -0.15) is 0 Å². The lowest BCUT2D eigenvalue weighted by Crippen LogP contribution is -2.62. The number of carbonyl (C=O) groups excluding carboxylic acids is 6. The van der Waals surface area contributed by atoms with Gasteiger partial charge in [0.25, 0.3) is 11.8 Å². The summed E-state index contributed by atoms with van der Waals surface area (Å²) in [6.07, 6.45) is 15.1. The van der Waals surface area contributed by atoms with Crippen molar-refractivity contribution in [1.29, 1.82) is 0 Å². The molecule has 0 aromatic heterocycles. The highest BCUT2D eigenvalue weighted by Crippen LogP contribution is 2.65. The molecule has 3 saturated carbocycles. The first-order valence-corrected chi connectivity index (χ1v) is 18.7. The van der Waals surface area contributed by atoms with E-state index in [2.05, 4.69) is 41.4 Å². The molecule has 1 saturated heterocycles. The molecule has 0 spiro atoms. The van der Waals surface area contributed by atoms with Crippen molar-refractivity contribution in [2.45, 2.75) is 135 Å². The van der Waals surface area contributed by atoms with Crippen LogP contribution in [0.1, 0.15) is 111 Å². The summed E-state index contributed by atoms with van der Waals surface area (Å²) in [5, 5.41) is 8.82. The van der Waals surface area contributed by atoms with E-state index in [-0.39, 0.29) is 47.1 Å². The number of amides is 5. The average Bonchev–Trinajstić information content (AvgIpc) is 3.41. The van der Waals surface area contributed by atoms with Gasteiger partial charge in [-0.3, -0.25) is 33.8 Å². The topological polar surface area (TPSA) is 180 Å². The molecule has 12 nitrogen and oxygen atoms in total. The third-order valence-corrected chi connectivity index (χ3v) is 11.6. The first kappa shape index (κ1) is 39.0. The number of hydrogen-bond donors (Lipinski definition) is 4. The second-order valence-corrected chi connectivity index (χ2v) is 15.3. The van der Waals surface area contributed by atoms with Crippen molar-refractivity contribution < 1.29 is 28.8 Å². The van der Waals surface area contributed by atoms with Gasteiger partial charge in [-0.1, -0.05) is 84.8 Å². The van der Waals surface area contributed by atoms with Gasteiger partial charge >= 0.3 is 0 Å². The molecule has 0 aromatic carbocycles. The zero-order chi connectivity index (χ0) is 36.6. The number of fused-ring (bicyclic) bond motifs is 1. The molecule has 276 valence electrons. The number of likely N-dealkylation sites (tertiary alicyclic amines) is 1. The molecule has 0 radical (unpaired) electrons. The molecule has 6 atom stereocenters. The van der Waals surface area contributed by atoms with Crippen molar-refractivity contribution >= 4 is 41.0 Å². The quantitative estimate of drug-likeness (QED) is 0.142. The van der Waals surface area contributed by atoms with Gasteiger partial charge in [-0.25, -0.2) is 0 Å². The zero-order valence-corrected chi connectivity index (χ0v) is 30.4. The van der Waals surface area contributed by atoms with Crippen molar-refractivity contribution in [3.05, 3.63) is 24.9 Å². The SMILES string of the molecule is C=C/C(=N\C=C/C)C(=O)N[C@H](C(=O)N[C@H](C(=O)N1C[C@H]2[C@@H]([C@H]1C(=O)NC(CCCC)C(=O)C(N)=O)C2(C)C)C1CCCCC1)C1CCCCC1. The predicted molar refractivity (Wildman–Crippen MR) is 191 cm³/mol. The number of allylic oxidation sites excluding steroid dienone is 1. The lowest BCUT2D eigenvalue weighted by molar-refractivity contribution is -0.146. The number of rotatable bonds is 16. The molecule has 1 aliphatic heterocycles. The number of piperidine rings is 1. The number of hydrogen-bond acceptors (Lipinski definition) is 7. The fraction of sp³-hybridized carbons (Fsp3) is 0.711. The molecule has 4 rings (SSSR count). The van der Waals surface area contributed by atoms with Gasteiger partial charge in [0, 0.05) is 12.7 Å². The first-order valence-electron chi connectivity index (χ1n) is 18.7. The Bertz CT molecular complexity index is 1360. The van der Waals surface area contributed by atoms with E-state index in [1.165, 1.54) is 12.3 Å². The van der Waals surface area contributed by atoms with Gasteiger partial charge in [-0.05, 0) is 74.2 Å². The standard InChI is InChI=1S/C38H58N6O6/c1-6-9-20-27(32(45)33(39)46)41-36(49)31-28-25(38(28,4)5)22-44(31)37(50)30(24-18-14-11-15-19-24)43-35(48)29(23-16-12-10-13-17-23)42-34(47)26(8-3)40-21-7-2/h7-8,21,23-25,27-31H,3,6,9-20,22H2,1-2,4-5H3,(H2,39,46)(H,41,49)(H,42,47)(H,43,48)/b21-7-,40-26+/t25-,27?,28-,29-,30-,31-/m0/s1. The fourth-order valence-corrected chi connectivity index (χ4v) is 8.63. The van der Waals surface area contributed by atoms with Crippen LogP contribution < -0.4 is 21.7 Å². The van der Waals surface area contributed by atoms with Crippen LogP contribution >= 0.6 is 0 Å². The second kappa shape index (κ2) is 17.4. The number of unbranched alkanes of at least 4 members (excludes halogenated alkanes) is 1. The van der Waals surface area contributed by atoms with Gasteiger partial charge in [0.15, 0.2) is 0 Å². The number of ketones is 1. The molecule has 50 heavy (non-hydrogen) atoms. The minimum absolute atomic E-state index is 0.0777. The third-order valence-electron chi connectivity index (χ3n) is 11.6. The van der Waals surface area contributed by atoms with Crippen molar-refractivity contribution in [2.24, 2.45) is 39.8 Å². The normalized spacial score (nSPS) is 25.6. The first-order chi connectivity index (χ1) is 23.9. The highest BCUT2D eigenvalue weighted by Gasteiger charge is 2.69. The third kappa shape index (κ3) is 8.90. The maximum absolute atomic E-state index is 14.7. The monoisotopic (exact) mass is 694 g/mol. The van der Waals surface area contributed by atoms with Gasteiger partial charge in [0.2, 0.25) is 23.5 Å². The summed E-state index contributed by atoms with van der Waals surface area (Å²) < 4.78 is 0. The van der Waals surface area contributed by atoms with E-state index < -0.39 is 53.6 Å². The van der Waals surface area contributed by atoms with Crippen LogP contribution in [0.25, 0.3) is 0 Å². The van der Waals surface area contributed by atoms with E-state index in [9.17, 15) is 28.8 Å². The Hall–Kier alpha value is -3.83. The van der Waals surface area contributed by atoms with Gasteiger partial charge in [0.05, 0.1) is 6.04 Å². The van der Waals surface area contributed by atoms with Crippen LogP contribution in [0.2, 0.25) is 0 Å². The number of carbonyl (C=O) groups is 6. The molecule has 3 aliphatic carbocycles. The van der Waals surface area contributed by atoms with Crippen LogP contribution in [-0.2, 0) is 28.8 Å². The molecule has 0 aromatic rings. The van der Waals surface area contributed by atoms with E-state index in [1.807, 2.05) is 6.92 Å². The maximum atomic E-state index is 14.7. The number of aliphatic imine (C=N–C) groups is 1. The van der Waals surface area contributed by atoms with Crippen LogP contribution in [0, 0.1) is 29.1 Å². The summed E-state index contributed by atoms with van der Waals surface area (Å²) in [7, 11) is 0. The lowest BCUT2D eigenvalue weighted by atomic mass is 9.81. The van der Waals surface area contributed by atoms with Crippen LogP contribution in [-0.4, -0.2) is 76.6 Å². The van der Waals surface area contributed by atoms with Crippen LogP contribution in [0.3, 0.4) is 0 Å². The molecule has 5 amide bonds. The number of Topliss-reactive ketones (excluding diaryl/α,β-unsaturated/α-hetero) is 1. The minimum Gasteiger partial charge on any atom is -0.363 e. The Kier molecular flexibility index (Phi) is 13.6. The molecule has 1 unspecified atom stereocenters. The van der Waals surface area contributed by atoms with Crippen LogP contribution in [0.5, 0.6) is 0 Å². The van der Waals surface area contributed by atoms with Gasteiger partial charge in [-0.15, -0.1) is 0 Å². The summed E-state index contributed by atoms with van der Waals surface area (Å²) in [5.74, 6) is -3.99. The molecule has 12 heteroatoms. The summed E-state index contributed by atoms with van der Waals surface area (Å²) in [4.78, 5) is 86.7. The molecule has 1 heterocycles. The molecule has 0 bridgehead atoms. The Morgan fingerprint density at radius 2 is 1.52 bits per heavy atom. The number of primary amides is 1. The van der Waals surface area contributed by atoms with Crippen molar-refractivity contribution in [1.82, 2.24) is 20.9 Å². The van der Waals surface area contributed by atoms with E-state index in [0.717, 1.165) is 70.6 Å². The molecule has 4 fully saturated rings. The Morgan fingerprint density at radius 3 is 2.06 bits per heavy atom. The van der Waals surface area contributed by atoms with Crippen molar-refractivity contribution in [3.8, 4) is 0 Å². The number of nitrogens with two attached hydrogens (primary N) is 1. The molecular weight excluding hydrogens is 636 g/mol. The maximum Gasteiger partial charge on any atom is 0.287 e. The highest BCUT2D eigenvalue weighted by atomic mass is 16.2. The average molecular weight is 695 g/mol. The van der Waals surface area contributed by atoms with E-state index in [0.29, 0.717) is 13.0 Å². The van der Waals surface area contributed by atoms with E-state index >= 15 is 0 Å². The summed E-state index contributed by atoms with van der Waals surface area (Å²) in [6.45, 7) is 11.9. The number of nitrogens with zero attached hydrogens (tertiary/aromatic N) is 2. The van der Waals surface area contributed by atoms with Crippen LogP contribution in [0.4, 0.5) is 0 Å². The van der Waals surface area contributed by atoms with Crippen LogP contribution in [0.15, 0.2) is 29.9 Å². The van der Waals surface area contributed by atoms with Crippen molar-refractivity contribution in [2.75, 3.05) is 6.54 Å². The van der Waals surface area contributed by atoms with Gasteiger partial charge < -0.3 is 26.6 Å². The summed E-state index contributed by atoms with van der Waals surface area (Å²) >= 11 is 0. The highest BCUT2D eigenvalue weighted by molar-refractivity contribution is 6.43. The lowest BCUT2D eigenvalue weighted by Gasteiger charge is -2.38. The van der Waals surface area contributed by atoms with E-state index in [1.54, 1.807) is 17.9 Å². The zero-order valence-electron chi connectivity index (χ0n) is 30.4. The smallest absolute Gasteiger partial charge is 0.287 e. The Labute approximate surface area is 296 Å². The fourth-order valence-electron chi connectivity index (χ4n) is 8.63. The Morgan fingerprint density at radius 1 is 0.920 bits per heavy atom. The summed E-state index contributed by atoms with van der Waals surface area (Å²) in [6, 6.07) is -3.69. The molecule has 4 aliphatic rings. The van der Waals surface area contributed by atoms with Crippen molar-refractivity contribution in [3.63, 3.8) is 0 Å². The van der Waals surface area contributed by atoms with Gasteiger partial charge in [0.1, 0.15) is 23.8 Å². The second-order valence-electron chi connectivity index (χ2n) is 15.3. The minimum atomic E-state index is -1.11. The predicted octanol–water partition coefficient (Wildman–Crippen LogP) is 3.49.